The van der Waals surface area contributed by atoms with E-state index in [1.165, 1.54) is 0 Å². The Morgan fingerprint density at radius 1 is 1.24 bits per heavy atom. The lowest BCUT2D eigenvalue weighted by Crippen LogP contribution is -2.50. The van der Waals surface area contributed by atoms with E-state index in [1.807, 2.05) is 56.5 Å². The standard InChI is InChI=1S/C12H14ClN3S/c1-15-12(17)8-11(16(15,2)3)14-10-6-4-9(13)5-7-10/h4-8H,1-3H3. The van der Waals surface area contributed by atoms with Crippen molar-refractivity contribution in [1.82, 2.24) is 5.01 Å². The highest BCUT2D eigenvalue weighted by molar-refractivity contribution is 7.63. The van der Waals surface area contributed by atoms with Gasteiger partial charge in [-0.1, -0.05) is 11.6 Å². The van der Waals surface area contributed by atoms with Crippen LogP contribution >= 0.6 is 11.6 Å². The second-order valence-electron chi connectivity index (χ2n) is 4.35. The first-order chi connectivity index (χ1) is 7.91. The summed E-state index contributed by atoms with van der Waals surface area (Å²) in [5.74, 6) is 0.917. The Kier molecular flexibility index (Phi) is 3.12. The molecule has 0 aromatic heterocycles. The molecule has 1 aliphatic rings. The molecule has 2 rings (SSSR count). The van der Waals surface area contributed by atoms with Gasteiger partial charge in [-0.2, -0.15) is 9.58 Å². The molecule has 17 heavy (non-hydrogen) atoms. The lowest BCUT2D eigenvalue weighted by atomic mass is 10.3. The number of nitrogens with zero attached hydrogens (tertiary/aromatic N) is 3. The van der Waals surface area contributed by atoms with Gasteiger partial charge in [-0.15, -0.1) is 0 Å². The molecule has 0 atom stereocenters. The van der Waals surface area contributed by atoms with Gasteiger partial charge in [-0.25, -0.2) is 5.01 Å². The Morgan fingerprint density at radius 3 is 2.29 bits per heavy atom. The van der Waals surface area contributed by atoms with Crippen LogP contribution in [0.2, 0.25) is 5.02 Å². The van der Waals surface area contributed by atoms with Crippen LogP contribution in [0.4, 0.5) is 5.69 Å². The highest BCUT2D eigenvalue weighted by Crippen LogP contribution is 2.24. The first kappa shape index (κ1) is 12.4. The van der Waals surface area contributed by atoms with E-state index in [0.717, 1.165) is 16.6 Å². The predicted molar refractivity (Wildman–Crippen MR) is 73.9 cm³/mol. The average Bonchev–Trinajstić information content (AvgIpc) is 2.46. The van der Waals surface area contributed by atoms with E-state index in [1.54, 1.807) is 0 Å². The van der Waals surface area contributed by atoms with Gasteiger partial charge < -0.3 is 12.6 Å². The molecule has 0 radical (unpaired) electrons. The quantitative estimate of drug-likeness (QED) is 0.574. The summed E-state index contributed by atoms with van der Waals surface area (Å²) in [7, 11) is 6.05. The van der Waals surface area contributed by atoms with E-state index >= 15 is 0 Å². The minimum atomic E-state index is 0.529. The summed E-state index contributed by atoms with van der Waals surface area (Å²) in [6, 6.07) is 7.45. The minimum absolute atomic E-state index is 0.529. The van der Waals surface area contributed by atoms with Gasteiger partial charge in [-0.3, -0.25) is 0 Å². The average molecular weight is 268 g/mol. The normalized spacial score (nSPS) is 20.8. The SMILES string of the molecule is CN1C([S-])=CC(=Nc2ccc(Cl)cc2)[N+]1(C)C. The Balaban J connectivity index is 2.38. The van der Waals surface area contributed by atoms with E-state index in [9.17, 15) is 0 Å². The molecule has 0 amide bonds. The van der Waals surface area contributed by atoms with Crippen LogP contribution in [0.3, 0.4) is 0 Å². The van der Waals surface area contributed by atoms with E-state index in [-0.39, 0.29) is 0 Å². The molecule has 1 aliphatic heterocycles. The van der Waals surface area contributed by atoms with Gasteiger partial charge in [-0.05, 0) is 29.3 Å². The zero-order chi connectivity index (χ0) is 12.6. The first-order valence-corrected chi connectivity index (χ1v) is 6.01. The van der Waals surface area contributed by atoms with Gasteiger partial charge in [0.05, 0.1) is 26.8 Å². The third-order valence-electron chi connectivity index (χ3n) is 2.95. The highest BCUT2D eigenvalue weighted by Gasteiger charge is 2.32. The number of hydrogen-bond acceptors (Lipinski definition) is 3. The zero-order valence-corrected chi connectivity index (χ0v) is 11.6. The van der Waals surface area contributed by atoms with Crippen LogP contribution in [-0.2, 0) is 12.6 Å². The van der Waals surface area contributed by atoms with Gasteiger partial charge in [0.1, 0.15) is 0 Å². The van der Waals surface area contributed by atoms with Crippen molar-refractivity contribution in [2.75, 3.05) is 21.1 Å². The Labute approximate surface area is 112 Å². The van der Waals surface area contributed by atoms with Crippen LogP contribution in [0.1, 0.15) is 0 Å². The molecule has 0 N–H and O–H groups in total. The van der Waals surface area contributed by atoms with Gasteiger partial charge in [0, 0.05) is 11.1 Å². The Hall–Kier alpha value is -1.10. The molecule has 0 fully saturated rings. The number of halogens is 1. The molecule has 0 bridgehead atoms. The molecule has 5 heteroatoms. The fraction of sp³-hybridized carbons (Fsp3) is 0.250. The molecule has 1 heterocycles. The van der Waals surface area contributed by atoms with E-state index in [4.69, 9.17) is 24.2 Å². The molecule has 0 saturated heterocycles. The van der Waals surface area contributed by atoms with Gasteiger partial charge in [0.2, 0.25) is 0 Å². The second kappa shape index (κ2) is 4.29. The second-order valence-corrected chi connectivity index (χ2v) is 5.20. The number of quaternary nitrogens is 1. The fourth-order valence-corrected chi connectivity index (χ4v) is 2.00. The van der Waals surface area contributed by atoms with Gasteiger partial charge >= 0.3 is 0 Å². The molecule has 0 unspecified atom stereocenters. The third-order valence-corrected chi connectivity index (χ3v) is 3.59. The molecular formula is C12H14ClN3S. The van der Waals surface area contributed by atoms with Crippen molar-refractivity contribution < 1.29 is 4.59 Å². The molecule has 1 aromatic carbocycles. The van der Waals surface area contributed by atoms with Crippen molar-refractivity contribution in [1.29, 1.82) is 0 Å². The van der Waals surface area contributed by atoms with E-state index in [2.05, 4.69) is 4.99 Å². The highest BCUT2D eigenvalue weighted by atomic mass is 35.5. The number of hydrogen-bond donors (Lipinski definition) is 0. The smallest absolute Gasteiger partial charge is 0.252 e. The monoisotopic (exact) mass is 267 g/mol. The first-order valence-electron chi connectivity index (χ1n) is 5.23. The summed E-state index contributed by atoms with van der Waals surface area (Å²) in [6.45, 7) is 0. The summed E-state index contributed by atoms with van der Waals surface area (Å²) >= 11 is 11.1. The maximum Gasteiger partial charge on any atom is 0.252 e. The molecule has 90 valence electrons. The summed E-state index contributed by atoms with van der Waals surface area (Å²) in [5.41, 5.74) is 0.880. The lowest BCUT2D eigenvalue weighted by Gasteiger charge is -2.35. The van der Waals surface area contributed by atoms with Crippen molar-refractivity contribution in [3.05, 3.63) is 40.4 Å². The molecule has 1 aromatic rings. The third kappa shape index (κ3) is 2.29. The molecular weight excluding hydrogens is 254 g/mol. The van der Waals surface area contributed by atoms with Crippen LogP contribution in [0, 0.1) is 0 Å². The van der Waals surface area contributed by atoms with Crippen LogP contribution < -0.4 is 0 Å². The van der Waals surface area contributed by atoms with Crippen molar-refractivity contribution in [2.45, 2.75) is 0 Å². The molecule has 0 aliphatic carbocycles. The van der Waals surface area contributed by atoms with Crippen LogP contribution in [0.5, 0.6) is 0 Å². The summed E-state index contributed by atoms with van der Waals surface area (Å²) in [5, 5.41) is 3.50. The van der Waals surface area contributed by atoms with Crippen molar-refractivity contribution >= 4 is 35.8 Å². The largest absolute Gasteiger partial charge is 0.757 e. The number of rotatable bonds is 1. The van der Waals surface area contributed by atoms with Crippen LogP contribution in [0.25, 0.3) is 0 Å². The molecule has 0 saturated carbocycles. The van der Waals surface area contributed by atoms with Crippen molar-refractivity contribution in [3.8, 4) is 0 Å². The lowest BCUT2D eigenvalue weighted by molar-refractivity contribution is -0.907. The maximum atomic E-state index is 5.84. The predicted octanol–water partition coefficient (Wildman–Crippen LogP) is 2.70. The summed E-state index contributed by atoms with van der Waals surface area (Å²) in [6.07, 6.45) is 1.92. The maximum absolute atomic E-state index is 5.84. The van der Waals surface area contributed by atoms with Crippen LogP contribution in [0.15, 0.2) is 40.4 Å². The molecule has 3 nitrogen and oxygen atoms in total. The number of amidine groups is 1. The van der Waals surface area contributed by atoms with Crippen molar-refractivity contribution in [2.24, 2.45) is 4.99 Å². The molecule has 0 spiro atoms. The van der Waals surface area contributed by atoms with Crippen LogP contribution in [-0.4, -0.2) is 36.6 Å². The van der Waals surface area contributed by atoms with Crippen molar-refractivity contribution in [3.63, 3.8) is 0 Å². The topological polar surface area (TPSA) is 15.6 Å². The van der Waals surface area contributed by atoms with E-state index < -0.39 is 0 Å². The Morgan fingerprint density at radius 2 is 1.82 bits per heavy atom. The minimum Gasteiger partial charge on any atom is -0.757 e. The fourth-order valence-electron chi connectivity index (χ4n) is 1.56. The van der Waals surface area contributed by atoms with E-state index in [0.29, 0.717) is 9.61 Å². The van der Waals surface area contributed by atoms with Gasteiger partial charge in [0.15, 0.2) is 0 Å². The number of aliphatic imine (C=N–C) groups is 1. The number of benzene rings is 1. The summed E-state index contributed by atoms with van der Waals surface area (Å²) in [4.78, 5) is 4.60. The van der Waals surface area contributed by atoms with Gasteiger partial charge in [0.25, 0.3) is 5.84 Å². The Bertz CT molecular complexity index is 491. The number of likely N-dealkylation sites (N-methyl/N-ethyl adjacent to an activating group) is 1. The summed E-state index contributed by atoms with van der Waals surface area (Å²) < 4.78 is 0.529. The zero-order valence-electron chi connectivity index (χ0n) is 10.0.